The molecule has 1 fully saturated rings. The minimum atomic E-state index is 0.325. The van der Waals surface area contributed by atoms with E-state index in [-0.39, 0.29) is 0 Å². The molecular weight excluding hydrogens is 370 g/mol. The van der Waals surface area contributed by atoms with Crippen LogP contribution in [0.3, 0.4) is 0 Å². The van der Waals surface area contributed by atoms with Crippen LogP contribution in [0.25, 0.3) is 0 Å². The maximum Gasteiger partial charge on any atom is 0.173 e. The van der Waals surface area contributed by atoms with Crippen molar-refractivity contribution in [2.24, 2.45) is 0 Å². The Morgan fingerprint density at radius 1 is 1.14 bits per heavy atom. The van der Waals surface area contributed by atoms with Crippen LogP contribution in [0.15, 0.2) is 30.3 Å². The van der Waals surface area contributed by atoms with Gasteiger partial charge in [-0.05, 0) is 50.3 Å². The fourth-order valence-electron chi connectivity index (χ4n) is 3.14. The van der Waals surface area contributed by atoms with E-state index in [1.165, 1.54) is 0 Å². The number of thiocarbonyl (C=S) groups is 1. The van der Waals surface area contributed by atoms with Gasteiger partial charge in [0.2, 0.25) is 0 Å². The molecule has 1 aromatic carbocycles. The van der Waals surface area contributed by atoms with Crippen molar-refractivity contribution < 1.29 is 4.74 Å². The number of benzene rings is 1. The zero-order valence-electron chi connectivity index (χ0n) is 17.1. The largest absolute Gasteiger partial charge is 0.494 e. The van der Waals surface area contributed by atoms with Gasteiger partial charge in [0, 0.05) is 49.5 Å². The lowest BCUT2D eigenvalue weighted by molar-refractivity contribution is 0.340. The summed E-state index contributed by atoms with van der Waals surface area (Å²) in [6, 6.07) is 9.96. The summed E-state index contributed by atoms with van der Waals surface area (Å²) in [6.07, 6.45) is 0. The zero-order chi connectivity index (χ0) is 20.1. The van der Waals surface area contributed by atoms with Crippen molar-refractivity contribution in [2.75, 3.05) is 43.0 Å². The highest BCUT2D eigenvalue weighted by Crippen LogP contribution is 2.20. The summed E-state index contributed by atoms with van der Waals surface area (Å²) in [4.78, 5) is 13.8. The van der Waals surface area contributed by atoms with Crippen molar-refractivity contribution in [1.29, 1.82) is 0 Å². The zero-order valence-corrected chi connectivity index (χ0v) is 17.9. The quantitative estimate of drug-likeness (QED) is 0.767. The van der Waals surface area contributed by atoms with Gasteiger partial charge in [-0.2, -0.15) is 0 Å². The van der Waals surface area contributed by atoms with Crippen molar-refractivity contribution in [2.45, 2.75) is 33.6 Å². The number of piperazine rings is 1. The second-order valence-corrected chi connectivity index (χ2v) is 7.63. The molecule has 1 aromatic heterocycles. The van der Waals surface area contributed by atoms with Gasteiger partial charge in [-0.15, -0.1) is 0 Å². The number of anilines is 2. The molecule has 28 heavy (non-hydrogen) atoms. The molecule has 0 amide bonds. The van der Waals surface area contributed by atoms with Crippen LogP contribution >= 0.6 is 12.2 Å². The van der Waals surface area contributed by atoms with Crippen LogP contribution in [0.2, 0.25) is 0 Å². The summed E-state index contributed by atoms with van der Waals surface area (Å²) < 4.78 is 5.48. The second-order valence-electron chi connectivity index (χ2n) is 7.24. The molecule has 0 atom stereocenters. The first-order valence-electron chi connectivity index (χ1n) is 9.85. The normalized spacial score (nSPS) is 14.3. The van der Waals surface area contributed by atoms with Crippen LogP contribution in [-0.4, -0.2) is 52.8 Å². The van der Waals surface area contributed by atoms with E-state index < -0.39 is 0 Å². The summed E-state index contributed by atoms with van der Waals surface area (Å²) in [5, 5.41) is 4.08. The number of aryl methyl sites for hydroxylation is 1. The maximum absolute atomic E-state index is 5.61. The van der Waals surface area contributed by atoms with E-state index in [1.54, 1.807) is 0 Å². The van der Waals surface area contributed by atoms with Crippen molar-refractivity contribution >= 4 is 28.8 Å². The van der Waals surface area contributed by atoms with Gasteiger partial charge in [-0.25, -0.2) is 9.97 Å². The number of ether oxygens (including phenoxy) is 1. The Labute approximate surface area is 172 Å². The molecule has 0 bridgehead atoms. The molecular formula is C21H29N5OS. The standard InChI is InChI=1S/C21H29N5OS/c1-5-27-18-8-6-17(7-9-18)23-21(28)26-12-10-25(11-13-26)19-14-16(4)22-20(24-19)15(2)3/h6-9,14-15H,5,10-13H2,1-4H3,(H,23,28). The van der Waals surface area contributed by atoms with Crippen molar-refractivity contribution in [1.82, 2.24) is 14.9 Å². The van der Waals surface area contributed by atoms with Gasteiger partial charge in [0.05, 0.1) is 6.61 Å². The molecule has 0 aliphatic carbocycles. The van der Waals surface area contributed by atoms with E-state index in [4.69, 9.17) is 21.9 Å². The average Bonchev–Trinajstić information content (AvgIpc) is 2.69. The highest BCUT2D eigenvalue weighted by Gasteiger charge is 2.21. The molecule has 0 saturated carbocycles. The van der Waals surface area contributed by atoms with Gasteiger partial charge in [0.15, 0.2) is 5.11 Å². The summed E-state index contributed by atoms with van der Waals surface area (Å²) >= 11 is 5.61. The van der Waals surface area contributed by atoms with Crippen LogP contribution in [0, 0.1) is 6.92 Å². The molecule has 2 aromatic rings. The number of nitrogens with zero attached hydrogens (tertiary/aromatic N) is 4. The number of hydrogen-bond acceptors (Lipinski definition) is 5. The molecule has 0 unspecified atom stereocenters. The predicted octanol–water partition coefficient (Wildman–Crippen LogP) is 3.83. The molecule has 2 heterocycles. The number of rotatable bonds is 5. The van der Waals surface area contributed by atoms with Gasteiger partial charge in [0.25, 0.3) is 0 Å². The summed E-state index contributed by atoms with van der Waals surface area (Å²) in [5.74, 6) is 3.12. The van der Waals surface area contributed by atoms with Gasteiger partial charge in [-0.1, -0.05) is 13.8 Å². The van der Waals surface area contributed by atoms with Gasteiger partial charge < -0.3 is 19.9 Å². The highest BCUT2D eigenvalue weighted by atomic mass is 32.1. The first-order valence-corrected chi connectivity index (χ1v) is 10.3. The Morgan fingerprint density at radius 3 is 2.43 bits per heavy atom. The Balaban J connectivity index is 1.57. The molecule has 0 radical (unpaired) electrons. The minimum Gasteiger partial charge on any atom is -0.494 e. The minimum absolute atomic E-state index is 0.325. The molecule has 1 saturated heterocycles. The lowest BCUT2D eigenvalue weighted by atomic mass is 10.2. The maximum atomic E-state index is 5.61. The Kier molecular flexibility index (Phi) is 6.67. The average molecular weight is 400 g/mol. The first kappa shape index (κ1) is 20.3. The van der Waals surface area contributed by atoms with Gasteiger partial charge in [-0.3, -0.25) is 0 Å². The third-order valence-corrected chi connectivity index (χ3v) is 5.04. The van der Waals surface area contributed by atoms with Crippen LogP contribution in [0.5, 0.6) is 5.75 Å². The summed E-state index contributed by atoms with van der Waals surface area (Å²) in [5.41, 5.74) is 1.99. The monoisotopic (exact) mass is 399 g/mol. The Morgan fingerprint density at radius 2 is 1.82 bits per heavy atom. The van der Waals surface area contributed by atoms with Crippen LogP contribution < -0.4 is 15.0 Å². The lowest BCUT2D eigenvalue weighted by Gasteiger charge is -2.37. The molecule has 1 aliphatic heterocycles. The van der Waals surface area contributed by atoms with E-state index in [0.717, 1.165) is 60.1 Å². The highest BCUT2D eigenvalue weighted by molar-refractivity contribution is 7.80. The van der Waals surface area contributed by atoms with Crippen LogP contribution in [0.1, 0.15) is 38.2 Å². The van der Waals surface area contributed by atoms with E-state index in [9.17, 15) is 0 Å². The first-order chi connectivity index (χ1) is 13.5. The van der Waals surface area contributed by atoms with Crippen molar-refractivity contribution in [3.8, 4) is 5.75 Å². The Hall–Kier alpha value is -2.41. The molecule has 7 heteroatoms. The predicted molar refractivity (Wildman–Crippen MR) is 118 cm³/mol. The number of nitrogens with one attached hydrogen (secondary N) is 1. The number of hydrogen-bond donors (Lipinski definition) is 1. The smallest absolute Gasteiger partial charge is 0.173 e. The fraction of sp³-hybridized carbons (Fsp3) is 0.476. The number of aromatic nitrogens is 2. The molecule has 6 nitrogen and oxygen atoms in total. The molecule has 1 aliphatic rings. The lowest BCUT2D eigenvalue weighted by Crippen LogP contribution is -2.50. The molecule has 150 valence electrons. The third kappa shape index (κ3) is 5.10. The van der Waals surface area contributed by atoms with E-state index in [1.807, 2.05) is 38.1 Å². The third-order valence-electron chi connectivity index (χ3n) is 4.68. The van der Waals surface area contributed by atoms with Crippen molar-refractivity contribution in [3.05, 3.63) is 41.9 Å². The SMILES string of the molecule is CCOc1ccc(NC(=S)N2CCN(c3cc(C)nc(C(C)C)n3)CC2)cc1. The van der Waals surface area contributed by atoms with Crippen LogP contribution in [0.4, 0.5) is 11.5 Å². The molecule has 1 N–H and O–H groups in total. The molecule has 3 rings (SSSR count). The summed E-state index contributed by atoms with van der Waals surface area (Å²) in [6.45, 7) is 12.4. The van der Waals surface area contributed by atoms with Crippen LogP contribution in [-0.2, 0) is 0 Å². The fourth-order valence-corrected chi connectivity index (χ4v) is 3.44. The van der Waals surface area contributed by atoms with Gasteiger partial charge in [0.1, 0.15) is 17.4 Å². The topological polar surface area (TPSA) is 53.5 Å². The van der Waals surface area contributed by atoms with E-state index >= 15 is 0 Å². The van der Waals surface area contributed by atoms with E-state index in [2.05, 4.69) is 40.0 Å². The van der Waals surface area contributed by atoms with Gasteiger partial charge >= 0.3 is 0 Å². The second kappa shape index (κ2) is 9.19. The molecule has 0 spiro atoms. The summed E-state index contributed by atoms with van der Waals surface area (Å²) in [7, 11) is 0. The Bertz CT molecular complexity index is 801. The van der Waals surface area contributed by atoms with Crippen molar-refractivity contribution in [3.63, 3.8) is 0 Å². The van der Waals surface area contributed by atoms with E-state index in [0.29, 0.717) is 12.5 Å².